The van der Waals surface area contributed by atoms with Crippen LogP contribution in [-0.4, -0.2) is 65.6 Å². The summed E-state index contributed by atoms with van der Waals surface area (Å²) in [7, 11) is 0. The minimum absolute atomic E-state index is 0.255. The number of amides is 1. The Morgan fingerprint density at radius 1 is 1.07 bits per heavy atom. The van der Waals surface area contributed by atoms with E-state index in [1.54, 1.807) is 0 Å². The van der Waals surface area contributed by atoms with Crippen molar-refractivity contribution in [3.8, 4) is 11.3 Å². The molecular formula is C31H40N8O2. The number of ether oxygens (including phenoxy) is 1. The Hall–Kier alpha value is -3.95. The standard InChI is InChI=1S/C31H40N8O2/c1-22-26(14-32-15-28(22)36-12-5-6-13-36)27-21-39(35-34-27)20-25-19-37-17-24(10-11-29(37)33-25)18-38(16-23-8-7-9-23)30(40)41-31(2,3)4/h10-11,14-15,17,19,21,23H,5-9,12-13,16,18,20H2,1-4H3. The zero-order valence-corrected chi connectivity index (χ0v) is 24.6. The van der Waals surface area contributed by atoms with Gasteiger partial charge in [0.1, 0.15) is 16.9 Å². The smallest absolute Gasteiger partial charge is 0.410 e. The highest BCUT2D eigenvalue weighted by Gasteiger charge is 2.27. The first-order valence-corrected chi connectivity index (χ1v) is 14.8. The SMILES string of the molecule is Cc1c(-c2cn(Cc3cn4cc(CN(CC5CCC5)C(=O)OC(C)(C)C)ccc4n3)nn2)cncc1N1CCCC1. The third-order valence-electron chi connectivity index (χ3n) is 8.06. The highest BCUT2D eigenvalue weighted by Crippen LogP contribution is 2.31. The van der Waals surface area contributed by atoms with Gasteiger partial charge in [0.25, 0.3) is 0 Å². The fraction of sp³-hybridized carbons (Fsp3) is 0.516. The van der Waals surface area contributed by atoms with Crippen LogP contribution >= 0.6 is 0 Å². The van der Waals surface area contributed by atoms with Crippen LogP contribution in [0.25, 0.3) is 16.9 Å². The molecule has 2 aliphatic rings. The van der Waals surface area contributed by atoms with Crippen molar-refractivity contribution in [2.24, 2.45) is 5.92 Å². The molecule has 216 valence electrons. The lowest BCUT2D eigenvalue weighted by atomic mass is 9.85. The third kappa shape index (κ3) is 6.21. The van der Waals surface area contributed by atoms with E-state index in [-0.39, 0.29) is 6.09 Å². The van der Waals surface area contributed by atoms with Crippen LogP contribution in [-0.2, 0) is 17.8 Å². The monoisotopic (exact) mass is 556 g/mol. The molecule has 0 N–H and O–H groups in total. The van der Waals surface area contributed by atoms with E-state index in [0.717, 1.165) is 47.8 Å². The van der Waals surface area contributed by atoms with E-state index in [4.69, 9.17) is 9.72 Å². The molecule has 5 heterocycles. The summed E-state index contributed by atoms with van der Waals surface area (Å²) in [5, 5.41) is 8.85. The Morgan fingerprint density at radius 2 is 1.88 bits per heavy atom. The zero-order chi connectivity index (χ0) is 28.6. The van der Waals surface area contributed by atoms with Gasteiger partial charge in [0, 0.05) is 43.8 Å². The molecule has 0 atom stereocenters. The summed E-state index contributed by atoms with van der Waals surface area (Å²) < 4.78 is 9.56. The van der Waals surface area contributed by atoms with Crippen LogP contribution in [0.2, 0.25) is 0 Å². The van der Waals surface area contributed by atoms with Gasteiger partial charge in [-0.15, -0.1) is 5.10 Å². The van der Waals surface area contributed by atoms with E-state index in [2.05, 4.69) is 33.3 Å². The van der Waals surface area contributed by atoms with E-state index in [0.29, 0.717) is 19.0 Å². The second-order valence-electron chi connectivity index (χ2n) is 12.5. The van der Waals surface area contributed by atoms with Gasteiger partial charge in [-0.25, -0.2) is 14.5 Å². The maximum atomic E-state index is 13.0. The summed E-state index contributed by atoms with van der Waals surface area (Å²) in [5.74, 6) is 0.556. The second kappa shape index (κ2) is 11.1. The zero-order valence-electron chi connectivity index (χ0n) is 24.6. The molecule has 0 radical (unpaired) electrons. The number of imidazole rings is 1. The normalized spacial score (nSPS) is 15.9. The largest absolute Gasteiger partial charge is 0.444 e. The number of nitrogens with zero attached hydrogens (tertiary/aromatic N) is 8. The fourth-order valence-electron chi connectivity index (χ4n) is 5.71. The minimum atomic E-state index is -0.523. The molecule has 41 heavy (non-hydrogen) atoms. The summed E-state index contributed by atoms with van der Waals surface area (Å²) in [5.41, 5.74) is 6.45. The highest BCUT2D eigenvalue weighted by atomic mass is 16.6. The number of fused-ring (bicyclic) bond motifs is 1. The maximum Gasteiger partial charge on any atom is 0.410 e. The fourth-order valence-corrected chi connectivity index (χ4v) is 5.71. The van der Waals surface area contributed by atoms with Gasteiger partial charge in [-0.2, -0.15) is 0 Å². The van der Waals surface area contributed by atoms with Gasteiger partial charge < -0.3 is 18.9 Å². The molecular weight excluding hydrogens is 516 g/mol. The molecule has 1 aliphatic carbocycles. The number of pyridine rings is 2. The van der Waals surface area contributed by atoms with Crippen molar-refractivity contribution in [2.75, 3.05) is 24.5 Å². The number of carbonyl (C=O) groups is 1. The summed E-state index contributed by atoms with van der Waals surface area (Å²) in [4.78, 5) is 26.5. The minimum Gasteiger partial charge on any atom is -0.444 e. The van der Waals surface area contributed by atoms with Crippen molar-refractivity contribution < 1.29 is 9.53 Å². The van der Waals surface area contributed by atoms with Crippen molar-refractivity contribution in [3.63, 3.8) is 0 Å². The quantitative estimate of drug-likeness (QED) is 0.284. The lowest BCUT2D eigenvalue weighted by molar-refractivity contribution is 0.0173. The van der Waals surface area contributed by atoms with Crippen LogP contribution in [0.1, 0.15) is 69.7 Å². The van der Waals surface area contributed by atoms with Crippen molar-refractivity contribution in [2.45, 2.75) is 78.5 Å². The van der Waals surface area contributed by atoms with Crippen molar-refractivity contribution >= 4 is 17.4 Å². The number of aromatic nitrogens is 6. The molecule has 1 aliphatic heterocycles. The number of anilines is 1. The molecule has 0 spiro atoms. The van der Waals surface area contributed by atoms with Crippen molar-refractivity contribution in [1.29, 1.82) is 0 Å². The van der Waals surface area contributed by atoms with Crippen LogP contribution in [0.4, 0.5) is 10.5 Å². The molecule has 0 aromatic carbocycles. The predicted octanol–water partition coefficient (Wildman–Crippen LogP) is 5.48. The van der Waals surface area contributed by atoms with Gasteiger partial charge in [-0.1, -0.05) is 17.7 Å². The van der Waals surface area contributed by atoms with Crippen LogP contribution < -0.4 is 4.90 Å². The molecule has 10 nitrogen and oxygen atoms in total. The predicted molar refractivity (Wildman–Crippen MR) is 158 cm³/mol. The van der Waals surface area contributed by atoms with Gasteiger partial charge in [0.2, 0.25) is 0 Å². The molecule has 10 heteroatoms. The average Bonchev–Trinajstić information content (AvgIpc) is 3.65. The molecule has 0 unspecified atom stereocenters. The molecule has 6 rings (SSSR count). The van der Waals surface area contributed by atoms with E-state index >= 15 is 0 Å². The maximum absolute atomic E-state index is 13.0. The van der Waals surface area contributed by atoms with Crippen LogP contribution in [0.3, 0.4) is 0 Å². The number of carbonyl (C=O) groups excluding carboxylic acids is 1. The molecule has 2 fully saturated rings. The van der Waals surface area contributed by atoms with E-state index < -0.39 is 5.60 Å². The summed E-state index contributed by atoms with van der Waals surface area (Å²) in [6.45, 7) is 11.8. The van der Waals surface area contributed by atoms with Gasteiger partial charge in [-0.3, -0.25) is 4.98 Å². The lowest BCUT2D eigenvalue weighted by Gasteiger charge is -2.33. The number of rotatable bonds is 8. The van der Waals surface area contributed by atoms with Gasteiger partial charge in [0.05, 0.1) is 36.9 Å². The molecule has 1 saturated heterocycles. The number of hydrogen-bond acceptors (Lipinski definition) is 7. The lowest BCUT2D eigenvalue weighted by Crippen LogP contribution is -2.40. The van der Waals surface area contributed by atoms with Crippen LogP contribution in [0.5, 0.6) is 0 Å². The Bertz CT molecular complexity index is 1520. The average molecular weight is 557 g/mol. The van der Waals surface area contributed by atoms with E-state index in [9.17, 15) is 4.79 Å². The van der Waals surface area contributed by atoms with E-state index in [1.165, 1.54) is 43.4 Å². The first-order valence-electron chi connectivity index (χ1n) is 14.8. The molecule has 1 amide bonds. The highest BCUT2D eigenvalue weighted by molar-refractivity contribution is 5.70. The molecule has 4 aromatic heterocycles. The Kier molecular flexibility index (Phi) is 7.40. The van der Waals surface area contributed by atoms with Crippen LogP contribution in [0.15, 0.2) is 43.1 Å². The molecule has 4 aromatic rings. The Labute approximate surface area is 241 Å². The van der Waals surface area contributed by atoms with Crippen molar-refractivity contribution in [1.82, 2.24) is 34.3 Å². The first kappa shape index (κ1) is 27.2. The topological polar surface area (TPSA) is 93.7 Å². The summed E-state index contributed by atoms with van der Waals surface area (Å²) in [6.07, 6.45) is 15.7. The van der Waals surface area contributed by atoms with Gasteiger partial charge in [-0.05, 0) is 76.5 Å². The Morgan fingerprint density at radius 3 is 2.61 bits per heavy atom. The van der Waals surface area contributed by atoms with E-state index in [1.807, 2.05) is 71.7 Å². The molecule has 0 bridgehead atoms. The molecule has 1 saturated carbocycles. The van der Waals surface area contributed by atoms with Crippen molar-refractivity contribution in [3.05, 3.63) is 59.9 Å². The Balaban J connectivity index is 1.16. The van der Waals surface area contributed by atoms with Gasteiger partial charge in [0.15, 0.2) is 0 Å². The summed E-state index contributed by atoms with van der Waals surface area (Å²) >= 11 is 0. The van der Waals surface area contributed by atoms with Crippen LogP contribution in [0, 0.1) is 12.8 Å². The van der Waals surface area contributed by atoms with Gasteiger partial charge >= 0.3 is 6.09 Å². The number of hydrogen-bond donors (Lipinski definition) is 0. The second-order valence-corrected chi connectivity index (χ2v) is 12.5. The first-order chi connectivity index (χ1) is 19.7. The third-order valence-corrected chi connectivity index (χ3v) is 8.06. The summed E-state index contributed by atoms with van der Waals surface area (Å²) in [6, 6.07) is 4.04.